The summed E-state index contributed by atoms with van der Waals surface area (Å²) in [5.74, 6) is 2.50. The number of hydrogen-bond acceptors (Lipinski definition) is 2. The molecule has 2 heteroatoms. The second-order valence-electron chi connectivity index (χ2n) is 4.49. The first-order valence-electron chi connectivity index (χ1n) is 5.06. The van der Waals surface area contributed by atoms with Crippen molar-refractivity contribution in [3.05, 3.63) is 0 Å². The van der Waals surface area contributed by atoms with E-state index in [0.29, 0.717) is 6.04 Å². The minimum absolute atomic E-state index is 0.667. The Morgan fingerprint density at radius 3 is 3.00 bits per heavy atom. The van der Waals surface area contributed by atoms with Crippen LogP contribution in [0.4, 0.5) is 0 Å². The third-order valence-electron chi connectivity index (χ3n) is 3.39. The zero-order valence-electron chi connectivity index (χ0n) is 7.96. The Labute approximate surface area is 74.4 Å². The van der Waals surface area contributed by atoms with E-state index in [-0.39, 0.29) is 0 Å². The molecule has 1 fully saturated rings. The van der Waals surface area contributed by atoms with E-state index < -0.39 is 0 Å². The molecule has 2 aliphatic rings. The van der Waals surface area contributed by atoms with Gasteiger partial charge in [0.15, 0.2) is 0 Å². The third-order valence-corrected chi connectivity index (χ3v) is 3.39. The molecule has 0 amide bonds. The molecule has 0 bridgehead atoms. The minimum Gasteiger partial charge on any atom is -0.307 e. The van der Waals surface area contributed by atoms with Gasteiger partial charge in [0.1, 0.15) is 0 Å². The van der Waals surface area contributed by atoms with Crippen LogP contribution in [0.15, 0.2) is 5.10 Å². The van der Waals surface area contributed by atoms with Crippen LogP contribution < -0.4 is 5.43 Å². The van der Waals surface area contributed by atoms with Gasteiger partial charge in [-0.25, -0.2) is 0 Å². The number of fused-ring (bicyclic) bond motifs is 1. The van der Waals surface area contributed by atoms with Gasteiger partial charge >= 0.3 is 0 Å². The van der Waals surface area contributed by atoms with Gasteiger partial charge in [0.05, 0.1) is 6.04 Å². The molecule has 0 aromatic heterocycles. The Hall–Kier alpha value is -0.530. The Morgan fingerprint density at radius 1 is 1.42 bits per heavy atom. The Kier molecular flexibility index (Phi) is 2.07. The lowest BCUT2D eigenvalue weighted by atomic mass is 9.75. The van der Waals surface area contributed by atoms with Crippen LogP contribution in [0, 0.1) is 17.8 Å². The van der Waals surface area contributed by atoms with E-state index in [0.717, 1.165) is 17.8 Å². The molecule has 68 valence electrons. The summed E-state index contributed by atoms with van der Waals surface area (Å²) in [7, 11) is 0. The molecule has 3 atom stereocenters. The molecular formula is C10H18N2. The number of hydrogen-bond donors (Lipinski definition) is 1. The molecule has 2 rings (SSSR count). The smallest absolute Gasteiger partial charge is 0.0518 e. The number of hydrazone groups is 1. The Bertz CT molecular complexity index is 186. The molecule has 0 radical (unpaired) electrons. The fourth-order valence-electron chi connectivity index (χ4n) is 2.40. The number of nitrogens with zero attached hydrogens (tertiary/aromatic N) is 1. The van der Waals surface area contributed by atoms with Crippen molar-refractivity contribution in [3.63, 3.8) is 0 Å². The summed E-state index contributed by atoms with van der Waals surface area (Å²) in [6.07, 6.45) is 6.15. The first-order chi connectivity index (χ1) is 5.77. The summed E-state index contributed by atoms with van der Waals surface area (Å²) in [6, 6.07) is 0.667. The summed E-state index contributed by atoms with van der Waals surface area (Å²) in [6.45, 7) is 4.68. The molecule has 0 aromatic rings. The minimum atomic E-state index is 0.667. The van der Waals surface area contributed by atoms with Gasteiger partial charge < -0.3 is 5.43 Å². The molecule has 1 N–H and O–H groups in total. The monoisotopic (exact) mass is 166 g/mol. The van der Waals surface area contributed by atoms with Crippen molar-refractivity contribution in [2.45, 2.75) is 39.2 Å². The zero-order valence-corrected chi connectivity index (χ0v) is 7.96. The molecule has 3 unspecified atom stereocenters. The van der Waals surface area contributed by atoms with Crippen molar-refractivity contribution in [1.82, 2.24) is 5.43 Å². The molecule has 1 saturated carbocycles. The van der Waals surface area contributed by atoms with Crippen LogP contribution >= 0.6 is 0 Å². The molecule has 1 aliphatic carbocycles. The van der Waals surface area contributed by atoms with Crippen LogP contribution in [-0.4, -0.2) is 12.3 Å². The molecular weight excluding hydrogens is 148 g/mol. The lowest BCUT2D eigenvalue weighted by Gasteiger charge is -2.32. The van der Waals surface area contributed by atoms with Gasteiger partial charge in [-0.05, 0) is 31.1 Å². The largest absolute Gasteiger partial charge is 0.307 e. The highest BCUT2D eigenvalue weighted by Gasteiger charge is 2.32. The summed E-state index contributed by atoms with van der Waals surface area (Å²) < 4.78 is 0. The van der Waals surface area contributed by atoms with Crippen LogP contribution in [0.3, 0.4) is 0 Å². The van der Waals surface area contributed by atoms with Crippen molar-refractivity contribution in [1.29, 1.82) is 0 Å². The Morgan fingerprint density at radius 2 is 2.25 bits per heavy atom. The molecule has 1 aliphatic heterocycles. The van der Waals surface area contributed by atoms with Gasteiger partial charge in [-0.1, -0.05) is 13.8 Å². The fourth-order valence-corrected chi connectivity index (χ4v) is 2.40. The van der Waals surface area contributed by atoms with Crippen LogP contribution in [0.2, 0.25) is 0 Å². The highest BCUT2D eigenvalue weighted by atomic mass is 15.3. The first-order valence-corrected chi connectivity index (χ1v) is 5.06. The van der Waals surface area contributed by atoms with Crippen molar-refractivity contribution in [2.24, 2.45) is 22.9 Å². The van der Waals surface area contributed by atoms with Crippen LogP contribution in [0.5, 0.6) is 0 Å². The van der Waals surface area contributed by atoms with E-state index in [1.54, 1.807) is 0 Å². The topological polar surface area (TPSA) is 24.4 Å². The Balaban J connectivity index is 1.96. The number of rotatable bonds is 1. The maximum atomic E-state index is 4.15. The average Bonchev–Trinajstić information content (AvgIpc) is 2.49. The second kappa shape index (κ2) is 3.08. The van der Waals surface area contributed by atoms with E-state index in [2.05, 4.69) is 30.6 Å². The molecule has 1 heterocycles. The highest BCUT2D eigenvalue weighted by molar-refractivity contribution is 5.63. The van der Waals surface area contributed by atoms with Gasteiger partial charge in [0.25, 0.3) is 0 Å². The molecule has 0 aromatic carbocycles. The van der Waals surface area contributed by atoms with Crippen molar-refractivity contribution < 1.29 is 0 Å². The zero-order chi connectivity index (χ0) is 8.55. The quantitative estimate of drug-likeness (QED) is 0.633. The summed E-state index contributed by atoms with van der Waals surface area (Å²) in [4.78, 5) is 0. The average molecular weight is 166 g/mol. The summed E-state index contributed by atoms with van der Waals surface area (Å²) in [5.41, 5.74) is 3.19. The molecule has 0 spiro atoms. The molecule has 2 nitrogen and oxygen atoms in total. The predicted octanol–water partition coefficient (Wildman–Crippen LogP) is 2.02. The van der Waals surface area contributed by atoms with Gasteiger partial charge in [0, 0.05) is 12.1 Å². The predicted molar refractivity (Wildman–Crippen MR) is 51.1 cm³/mol. The number of nitrogens with one attached hydrogen (secondary N) is 1. The lowest BCUT2D eigenvalue weighted by Crippen LogP contribution is -2.35. The van der Waals surface area contributed by atoms with E-state index in [1.807, 2.05) is 0 Å². The van der Waals surface area contributed by atoms with Gasteiger partial charge in [0.2, 0.25) is 0 Å². The van der Waals surface area contributed by atoms with E-state index in [1.165, 1.54) is 19.3 Å². The maximum Gasteiger partial charge on any atom is 0.0518 e. The van der Waals surface area contributed by atoms with Crippen molar-refractivity contribution in [2.75, 3.05) is 0 Å². The van der Waals surface area contributed by atoms with E-state index in [4.69, 9.17) is 0 Å². The van der Waals surface area contributed by atoms with Gasteiger partial charge in [-0.15, -0.1) is 0 Å². The van der Waals surface area contributed by atoms with E-state index >= 15 is 0 Å². The van der Waals surface area contributed by atoms with Crippen LogP contribution in [-0.2, 0) is 0 Å². The SMILES string of the molecule is CC(C)C1CCC2NN=CC2C1. The summed E-state index contributed by atoms with van der Waals surface area (Å²) >= 11 is 0. The van der Waals surface area contributed by atoms with Gasteiger partial charge in [-0.2, -0.15) is 5.10 Å². The van der Waals surface area contributed by atoms with Crippen LogP contribution in [0.25, 0.3) is 0 Å². The fraction of sp³-hybridized carbons (Fsp3) is 0.900. The van der Waals surface area contributed by atoms with Crippen molar-refractivity contribution in [3.8, 4) is 0 Å². The lowest BCUT2D eigenvalue weighted by molar-refractivity contribution is 0.221. The second-order valence-corrected chi connectivity index (χ2v) is 4.49. The van der Waals surface area contributed by atoms with Gasteiger partial charge in [-0.3, -0.25) is 0 Å². The summed E-state index contributed by atoms with van der Waals surface area (Å²) in [5, 5.41) is 4.15. The molecule has 12 heavy (non-hydrogen) atoms. The molecule has 0 saturated heterocycles. The normalized spacial score (nSPS) is 39.8. The third kappa shape index (κ3) is 1.35. The maximum absolute atomic E-state index is 4.15. The van der Waals surface area contributed by atoms with Crippen molar-refractivity contribution >= 4 is 6.21 Å². The standard InChI is InChI=1S/C10H18N2/c1-7(2)8-3-4-10-9(5-8)6-11-12-10/h6-10,12H,3-5H2,1-2H3. The van der Waals surface area contributed by atoms with Crippen LogP contribution in [0.1, 0.15) is 33.1 Å². The van der Waals surface area contributed by atoms with E-state index in [9.17, 15) is 0 Å². The first kappa shape index (κ1) is 8.09. The highest BCUT2D eigenvalue weighted by Crippen LogP contribution is 2.34.